The SMILES string of the molecule is CC(C)c1ccc(-c2nnn(Cc3ccc(C#N)cc3)n2)cc1. The van der Waals surface area contributed by atoms with E-state index in [1.807, 2.05) is 24.3 Å². The van der Waals surface area contributed by atoms with Crippen molar-refractivity contribution in [3.05, 3.63) is 65.2 Å². The number of nitriles is 1. The van der Waals surface area contributed by atoms with Crippen LogP contribution in [0.3, 0.4) is 0 Å². The predicted molar refractivity (Wildman–Crippen MR) is 87.6 cm³/mol. The summed E-state index contributed by atoms with van der Waals surface area (Å²) in [5, 5.41) is 21.5. The number of tetrazole rings is 1. The molecule has 1 heterocycles. The number of rotatable bonds is 4. The van der Waals surface area contributed by atoms with E-state index in [1.165, 1.54) is 5.56 Å². The lowest BCUT2D eigenvalue weighted by Crippen LogP contribution is -2.04. The molecule has 0 bridgehead atoms. The number of nitrogens with zero attached hydrogens (tertiary/aromatic N) is 5. The Morgan fingerprint density at radius 2 is 1.74 bits per heavy atom. The molecular weight excluding hydrogens is 286 g/mol. The number of hydrogen-bond acceptors (Lipinski definition) is 4. The first-order chi connectivity index (χ1) is 11.2. The quantitative estimate of drug-likeness (QED) is 0.741. The summed E-state index contributed by atoms with van der Waals surface area (Å²) in [6, 6.07) is 17.7. The Labute approximate surface area is 135 Å². The molecule has 5 nitrogen and oxygen atoms in total. The zero-order chi connectivity index (χ0) is 16.2. The van der Waals surface area contributed by atoms with E-state index < -0.39 is 0 Å². The van der Waals surface area contributed by atoms with Crippen LogP contribution in [0.25, 0.3) is 11.4 Å². The molecule has 3 rings (SSSR count). The standard InChI is InChI=1S/C18H17N5/c1-13(2)16-7-9-17(10-8-16)18-20-22-23(21-18)12-15-5-3-14(11-19)4-6-15/h3-10,13H,12H2,1-2H3. The van der Waals surface area contributed by atoms with Crippen LogP contribution in [0.1, 0.15) is 36.5 Å². The molecule has 0 N–H and O–H groups in total. The van der Waals surface area contributed by atoms with Crippen molar-refractivity contribution in [1.82, 2.24) is 20.2 Å². The van der Waals surface area contributed by atoms with Gasteiger partial charge in [0.25, 0.3) is 0 Å². The van der Waals surface area contributed by atoms with Crippen LogP contribution in [0, 0.1) is 11.3 Å². The van der Waals surface area contributed by atoms with E-state index in [4.69, 9.17) is 5.26 Å². The van der Waals surface area contributed by atoms with E-state index in [2.05, 4.69) is 47.5 Å². The highest BCUT2D eigenvalue weighted by atomic mass is 15.6. The number of benzene rings is 2. The lowest BCUT2D eigenvalue weighted by molar-refractivity contribution is 0.573. The van der Waals surface area contributed by atoms with Crippen molar-refractivity contribution in [1.29, 1.82) is 5.26 Å². The molecule has 0 fully saturated rings. The Kier molecular flexibility index (Phi) is 4.15. The van der Waals surface area contributed by atoms with Gasteiger partial charge in [-0.1, -0.05) is 50.2 Å². The van der Waals surface area contributed by atoms with Gasteiger partial charge in [0.15, 0.2) is 0 Å². The Balaban J connectivity index is 1.75. The van der Waals surface area contributed by atoms with Crippen molar-refractivity contribution >= 4 is 0 Å². The lowest BCUT2D eigenvalue weighted by Gasteiger charge is -2.04. The second-order valence-corrected chi connectivity index (χ2v) is 5.73. The molecule has 0 aliphatic rings. The minimum absolute atomic E-state index is 0.504. The molecule has 0 aliphatic heterocycles. The molecule has 23 heavy (non-hydrogen) atoms. The van der Waals surface area contributed by atoms with E-state index >= 15 is 0 Å². The van der Waals surface area contributed by atoms with Gasteiger partial charge in [0.05, 0.1) is 18.2 Å². The van der Waals surface area contributed by atoms with Gasteiger partial charge in [-0.05, 0) is 34.4 Å². The molecule has 0 unspecified atom stereocenters. The minimum atomic E-state index is 0.504. The maximum atomic E-state index is 8.81. The van der Waals surface area contributed by atoms with E-state index in [-0.39, 0.29) is 0 Å². The van der Waals surface area contributed by atoms with Gasteiger partial charge in [-0.2, -0.15) is 10.1 Å². The summed E-state index contributed by atoms with van der Waals surface area (Å²) in [5.74, 6) is 1.12. The van der Waals surface area contributed by atoms with Crippen LogP contribution in [0.15, 0.2) is 48.5 Å². The molecule has 114 valence electrons. The fourth-order valence-electron chi connectivity index (χ4n) is 2.29. The maximum Gasteiger partial charge on any atom is 0.204 e. The summed E-state index contributed by atoms with van der Waals surface area (Å²) in [6.45, 7) is 4.87. The van der Waals surface area contributed by atoms with Gasteiger partial charge in [-0.15, -0.1) is 10.2 Å². The molecule has 0 amide bonds. The third kappa shape index (κ3) is 3.43. The molecule has 0 saturated carbocycles. The van der Waals surface area contributed by atoms with Crippen LogP contribution in [0.4, 0.5) is 0 Å². The highest BCUT2D eigenvalue weighted by molar-refractivity contribution is 5.54. The van der Waals surface area contributed by atoms with Crippen molar-refractivity contribution < 1.29 is 0 Å². The van der Waals surface area contributed by atoms with Crippen LogP contribution >= 0.6 is 0 Å². The summed E-state index contributed by atoms with van der Waals surface area (Å²) >= 11 is 0. The van der Waals surface area contributed by atoms with E-state index in [1.54, 1.807) is 16.9 Å². The van der Waals surface area contributed by atoms with Gasteiger partial charge in [0.1, 0.15) is 0 Å². The van der Waals surface area contributed by atoms with E-state index in [0.717, 1.165) is 11.1 Å². The third-order valence-corrected chi connectivity index (χ3v) is 3.70. The second-order valence-electron chi connectivity index (χ2n) is 5.73. The fourth-order valence-corrected chi connectivity index (χ4v) is 2.29. The Bertz CT molecular complexity index is 823. The second kappa shape index (κ2) is 6.41. The smallest absolute Gasteiger partial charge is 0.192 e. The van der Waals surface area contributed by atoms with Crippen LogP contribution in [0.5, 0.6) is 0 Å². The maximum absolute atomic E-state index is 8.81. The van der Waals surface area contributed by atoms with Crippen molar-refractivity contribution in [3.8, 4) is 17.5 Å². The molecule has 0 aliphatic carbocycles. The summed E-state index contributed by atoms with van der Waals surface area (Å²) in [4.78, 5) is 1.56. The summed E-state index contributed by atoms with van der Waals surface area (Å²) < 4.78 is 0. The van der Waals surface area contributed by atoms with Crippen molar-refractivity contribution in [2.45, 2.75) is 26.3 Å². The zero-order valence-corrected chi connectivity index (χ0v) is 13.1. The normalized spacial score (nSPS) is 10.7. The number of aromatic nitrogens is 4. The highest BCUT2D eigenvalue weighted by Gasteiger charge is 2.07. The predicted octanol–water partition coefficient (Wildman–Crippen LogP) is 3.38. The van der Waals surface area contributed by atoms with Gasteiger partial charge in [-0.3, -0.25) is 0 Å². The van der Waals surface area contributed by atoms with Crippen molar-refractivity contribution in [2.24, 2.45) is 0 Å². The average Bonchev–Trinajstić information content (AvgIpc) is 3.04. The Morgan fingerprint density at radius 3 is 2.35 bits per heavy atom. The highest BCUT2D eigenvalue weighted by Crippen LogP contribution is 2.19. The molecule has 0 atom stereocenters. The fraction of sp³-hybridized carbons (Fsp3) is 0.222. The van der Waals surface area contributed by atoms with Crippen LogP contribution < -0.4 is 0 Å². The lowest BCUT2D eigenvalue weighted by atomic mass is 10.0. The largest absolute Gasteiger partial charge is 0.204 e. The first-order valence-electron chi connectivity index (χ1n) is 7.53. The van der Waals surface area contributed by atoms with Gasteiger partial charge < -0.3 is 0 Å². The van der Waals surface area contributed by atoms with Gasteiger partial charge >= 0.3 is 0 Å². The first kappa shape index (κ1) is 14.9. The van der Waals surface area contributed by atoms with Gasteiger partial charge in [0, 0.05) is 5.56 Å². The van der Waals surface area contributed by atoms with Crippen molar-refractivity contribution in [3.63, 3.8) is 0 Å². The van der Waals surface area contributed by atoms with Gasteiger partial charge in [0.2, 0.25) is 5.82 Å². The molecule has 3 aromatic rings. The minimum Gasteiger partial charge on any atom is -0.192 e. The molecular formula is C18H17N5. The summed E-state index contributed by atoms with van der Waals surface area (Å²) in [5.41, 5.74) is 3.92. The third-order valence-electron chi connectivity index (χ3n) is 3.70. The van der Waals surface area contributed by atoms with Crippen molar-refractivity contribution in [2.75, 3.05) is 0 Å². The summed E-state index contributed by atoms with van der Waals surface area (Å²) in [7, 11) is 0. The van der Waals surface area contributed by atoms with Gasteiger partial charge in [-0.25, -0.2) is 0 Å². The molecule has 0 radical (unpaired) electrons. The van der Waals surface area contributed by atoms with E-state index in [9.17, 15) is 0 Å². The monoisotopic (exact) mass is 303 g/mol. The van der Waals surface area contributed by atoms with Crippen LogP contribution in [-0.4, -0.2) is 20.2 Å². The first-order valence-corrected chi connectivity index (χ1v) is 7.53. The topological polar surface area (TPSA) is 67.4 Å². The Morgan fingerprint density at radius 1 is 1.04 bits per heavy atom. The van der Waals surface area contributed by atoms with Crippen LogP contribution in [-0.2, 0) is 6.54 Å². The number of hydrogen-bond donors (Lipinski definition) is 0. The zero-order valence-electron chi connectivity index (χ0n) is 13.1. The molecule has 5 heteroatoms. The van der Waals surface area contributed by atoms with Crippen LogP contribution in [0.2, 0.25) is 0 Å². The molecule has 2 aromatic carbocycles. The Hall–Kier alpha value is -3.00. The molecule has 1 aromatic heterocycles. The average molecular weight is 303 g/mol. The van der Waals surface area contributed by atoms with E-state index in [0.29, 0.717) is 23.9 Å². The molecule has 0 saturated heterocycles. The summed E-state index contributed by atoms with van der Waals surface area (Å²) in [6.07, 6.45) is 0. The molecule has 0 spiro atoms.